The van der Waals surface area contributed by atoms with Crippen molar-refractivity contribution in [2.75, 3.05) is 5.43 Å². The minimum Gasteiger partial charge on any atom is -0.244 e. The first-order valence-electron chi connectivity index (χ1n) is 6.95. The molecule has 0 bridgehead atoms. The van der Waals surface area contributed by atoms with Gasteiger partial charge in [0.15, 0.2) is 0 Å². The van der Waals surface area contributed by atoms with Crippen LogP contribution >= 0.6 is 31.9 Å². The minimum atomic E-state index is 0.428. The molecule has 0 saturated carbocycles. The summed E-state index contributed by atoms with van der Waals surface area (Å²) in [7, 11) is 0. The number of nitrogens with zero attached hydrogens (tertiary/aromatic N) is 5. The van der Waals surface area contributed by atoms with Gasteiger partial charge in [0.1, 0.15) is 6.33 Å². The van der Waals surface area contributed by atoms with Gasteiger partial charge >= 0.3 is 0 Å². The van der Waals surface area contributed by atoms with Gasteiger partial charge in [-0.2, -0.15) is 14.9 Å². The number of hydrogen-bond donors (Lipinski definition) is 1. The first-order chi connectivity index (χ1) is 11.7. The molecule has 3 rings (SSSR count). The van der Waals surface area contributed by atoms with E-state index in [1.54, 1.807) is 12.4 Å². The SMILES string of the molecule is Brc1ccc(C=NNc2nncn2N=Cc2ccc(Br)cc2)cc1. The number of aromatic nitrogens is 3. The molecule has 0 aliphatic rings. The second kappa shape index (κ2) is 7.98. The van der Waals surface area contributed by atoms with E-state index < -0.39 is 0 Å². The zero-order valence-corrected chi connectivity index (χ0v) is 15.5. The maximum absolute atomic E-state index is 4.31. The monoisotopic (exact) mass is 446 g/mol. The zero-order valence-electron chi connectivity index (χ0n) is 12.3. The summed E-state index contributed by atoms with van der Waals surface area (Å²) in [5.74, 6) is 0.428. The summed E-state index contributed by atoms with van der Waals surface area (Å²) in [5.41, 5.74) is 4.76. The van der Waals surface area contributed by atoms with Crippen LogP contribution < -0.4 is 5.43 Å². The first kappa shape index (κ1) is 16.5. The molecular weight excluding hydrogens is 436 g/mol. The van der Waals surface area contributed by atoms with E-state index in [9.17, 15) is 0 Å². The number of benzene rings is 2. The van der Waals surface area contributed by atoms with E-state index in [1.165, 1.54) is 11.0 Å². The van der Waals surface area contributed by atoms with E-state index in [2.05, 4.69) is 57.7 Å². The lowest BCUT2D eigenvalue weighted by Gasteiger charge is -1.99. The van der Waals surface area contributed by atoms with Gasteiger partial charge in [-0.3, -0.25) is 0 Å². The molecule has 120 valence electrons. The highest BCUT2D eigenvalue weighted by Gasteiger charge is 2.00. The van der Waals surface area contributed by atoms with E-state index in [-0.39, 0.29) is 0 Å². The van der Waals surface area contributed by atoms with Crippen molar-refractivity contribution in [1.29, 1.82) is 0 Å². The first-order valence-corrected chi connectivity index (χ1v) is 8.54. The second-order valence-corrected chi connectivity index (χ2v) is 6.55. The average molecular weight is 448 g/mol. The van der Waals surface area contributed by atoms with Crippen LogP contribution in [0, 0.1) is 0 Å². The summed E-state index contributed by atoms with van der Waals surface area (Å²) >= 11 is 6.80. The summed E-state index contributed by atoms with van der Waals surface area (Å²) in [6, 6.07) is 15.6. The fraction of sp³-hybridized carbons (Fsp3) is 0. The van der Waals surface area contributed by atoms with Crippen LogP contribution in [-0.4, -0.2) is 27.3 Å². The van der Waals surface area contributed by atoms with Gasteiger partial charge in [-0.05, 0) is 35.4 Å². The van der Waals surface area contributed by atoms with Crippen LogP contribution in [0.5, 0.6) is 0 Å². The van der Waals surface area contributed by atoms with Crippen molar-refractivity contribution < 1.29 is 0 Å². The minimum absolute atomic E-state index is 0.428. The molecular formula is C16H12Br2N6. The van der Waals surface area contributed by atoms with Crippen molar-refractivity contribution in [3.05, 3.63) is 74.9 Å². The standard InChI is InChI=1S/C16H12Br2N6/c17-14-5-1-12(2-6-14)9-19-22-16-23-20-11-24(16)21-10-13-3-7-15(18)8-4-13/h1-11H,(H,22,23). The van der Waals surface area contributed by atoms with Crippen molar-refractivity contribution in [2.24, 2.45) is 10.2 Å². The zero-order chi connectivity index (χ0) is 16.8. The number of hydrogen-bond acceptors (Lipinski definition) is 5. The molecule has 0 amide bonds. The van der Waals surface area contributed by atoms with Gasteiger partial charge in [0.25, 0.3) is 5.95 Å². The molecule has 3 aromatic rings. The van der Waals surface area contributed by atoms with Crippen LogP contribution in [0.2, 0.25) is 0 Å². The van der Waals surface area contributed by atoms with Gasteiger partial charge in [0, 0.05) is 8.95 Å². The Kier molecular flexibility index (Phi) is 5.50. The maximum atomic E-state index is 4.31. The molecule has 8 heteroatoms. The lowest BCUT2D eigenvalue weighted by Crippen LogP contribution is -1.99. The summed E-state index contributed by atoms with van der Waals surface area (Å²) in [6.07, 6.45) is 4.93. The highest BCUT2D eigenvalue weighted by Crippen LogP contribution is 2.10. The molecule has 0 saturated heterocycles. The third kappa shape index (κ3) is 4.59. The highest BCUT2D eigenvalue weighted by molar-refractivity contribution is 9.10. The van der Waals surface area contributed by atoms with Crippen LogP contribution in [0.1, 0.15) is 11.1 Å². The molecule has 2 aromatic carbocycles. The number of halogens is 2. The molecule has 0 fully saturated rings. The summed E-state index contributed by atoms with van der Waals surface area (Å²) in [4.78, 5) is 0. The number of anilines is 1. The van der Waals surface area contributed by atoms with E-state index in [0.717, 1.165) is 20.1 Å². The van der Waals surface area contributed by atoms with Gasteiger partial charge in [-0.15, -0.1) is 10.2 Å². The van der Waals surface area contributed by atoms with E-state index >= 15 is 0 Å². The highest BCUT2D eigenvalue weighted by atomic mass is 79.9. The number of nitrogens with one attached hydrogen (secondary N) is 1. The summed E-state index contributed by atoms with van der Waals surface area (Å²) in [5, 5.41) is 16.2. The molecule has 0 unspecified atom stereocenters. The molecule has 0 aliphatic heterocycles. The summed E-state index contributed by atoms with van der Waals surface area (Å²) in [6.45, 7) is 0. The molecule has 0 radical (unpaired) electrons. The quantitative estimate of drug-likeness (QED) is 0.472. The normalized spacial score (nSPS) is 11.4. The van der Waals surface area contributed by atoms with Gasteiger partial charge in [0.2, 0.25) is 0 Å². The summed E-state index contributed by atoms with van der Waals surface area (Å²) < 4.78 is 3.56. The molecule has 24 heavy (non-hydrogen) atoms. The third-order valence-electron chi connectivity index (χ3n) is 2.98. The Hall–Kier alpha value is -2.32. The number of rotatable bonds is 5. The third-order valence-corrected chi connectivity index (χ3v) is 4.04. The van der Waals surface area contributed by atoms with Gasteiger partial charge in [0.05, 0.1) is 12.4 Å². The molecule has 1 N–H and O–H groups in total. The Balaban J connectivity index is 1.66. The molecule has 6 nitrogen and oxygen atoms in total. The average Bonchev–Trinajstić information content (AvgIpc) is 3.04. The van der Waals surface area contributed by atoms with Crippen LogP contribution in [-0.2, 0) is 0 Å². The predicted molar refractivity (Wildman–Crippen MR) is 103 cm³/mol. The van der Waals surface area contributed by atoms with Crippen molar-refractivity contribution >= 4 is 50.2 Å². The smallest absolute Gasteiger partial charge is 0.244 e. The fourth-order valence-corrected chi connectivity index (χ4v) is 2.31. The molecule has 1 heterocycles. The van der Waals surface area contributed by atoms with Crippen LogP contribution in [0.3, 0.4) is 0 Å². The Bertz CT molecular complexity index is 853. The van der Waals surface area contributed by atoms with Crippen molar-refractivity contribution in [2.45, 2.75) is 0 Å². The molecule has 0 atom stereocenters. The van der Waals surface area contributed by atoms with Gasteiger partial charge in [-0.25, -0.2) is 5.43 Å². The van der Waals surface area contributed by atoms with Crippen molar-refractivity contribution in [3.8, 4) is 0 Å². The largest absolute Gasteiger partial charge is 0.265 e. The second-order valence-electron chi connectivity index (χ2n) is 4.72. The molecule has 0 aliphatic carbocycles. The Morgan fingerprint density at radius 2 is 1.46 bits per heavy atom. The maximum Gasteiger partial charge on any atom is 0.265 e. The fourth-order valence-electron chi connectivity index (χ4n) is 1.78. The van der Waals surface area contributed by atoms with E-state index in [0.29, 0.717) is 5.95 Å². The predicted octanol–water partition coefficient (Wildman–Crippen LogP) is 4.13. The topological polar surface area (TPSA) is 67.5 Å². The molecule has 0 spiro atoms. The molecule has 1 aromatic heterocycles. The van der Waals surface area contributed by atoms with Crippen LogP contribution in [0.15, 0.2) is 74.0 Å². The Morgan fingerprint density at radius 3 is 2.08 bits per heavy atom. The van der Waals surface area contributed by atoms with E-state index in [1.807, 2.05) is 48.5 Å². The van der Waals surface area contributed by atoms with Crippen molar-refractivity contribution in [1.82, 2.24) is 14.9 Å². The van der Waals surface area contributed by atoms with Crippen LogP contribution in [0.4, 0.5) is 5.95 Å². The van der Waals surface area contributed by atoms with E-state index in [4.69, 9.17) is 0 Å². The lowest BCUT2D eigenvalue weighted by atomic mass is 10.2. The Morgan fingerprint density at radius 1 is 0.875 bits per heavy atom. The lowest BCUT2D eigenvalue weighted by molar-refractivity contribution is 0.879. The number of hydrazone groups is 1. The van der Waals surface area contributed by atoms with Crippen LogP contribution in [0.25, 0.3) is 0 Å². The van der Waals surface area contributed by atoms with Gasteiger partial charge < -0.3 is 0 Å². The van der Waals surface area contributed by atoms with Crippen molar-refractivity contribution in [3.63, 3.8) is 0 Å². The Labute approximate surface area is 155 Å². The van der Waals surface area contributed by atoms with Gasteiger partial charge in [-0.1, -0.05) is 56.1 Å².